The molecular formula is C16H12O2S2. The van der Waals surface area contributed by atoms with Gasteiger partial charge in [-0.15, -0.1) is 22.7 Å². The standard InChI is InChI=1S/C16H12O2S2/c1-17-11-7-10-14(8-12(11)18-2)20-15-9-5-3-4-6-13(9)19-16(10)15/h3-8H,1-2H3. The number of thiophene rings is 2. The van der Waals surface area contributed by atoms with Crippen LogP contribution in [0.1, 0.15) is 0 Å². The van der Waals surface area contributed by atoms with E-state index in [9.17, 15) is 0 Å². The Balaban J connectivity index is 2.16. The molecule has 4 aromatic rings. The molecule has 0 saturated heterocycles. The fourth-order valence-corrected chi connectivity index (χ4v) is 5.19. The van der Waals surface area contributed by atoms with Gasteiger partial charge in [0.05, 0.1) is 23.6 Å². The van der Waals surface area contributed by atoms with Crippen molar-refractivity contribution in [2.75, 3.05) is 14.2 Å². The third-order valence-electron chi connectivity index (χ3n) is 3.49. The van der Waals surface area contributed by atoms with Crippen LogP contribution in [0.4, 0.5) is 0 Å². The molecule has 0 unspecified atom stereocenters. The lowest BCUT2D eigenvalue weighted by molar-refractivity contribution is 0.356. The van der Waals surface area contributed by atoms with Crippen molar-refractivity contribution in [3.8, 4) is 11.5 Å². The van der Waals surface area contributed by atoms with Crippen molar-refractivity contribution in [1.82, 2.24) is 0 Å². The molecule has 0 aliphatic rings. The Hall–Kier alpha value is -1.78. The van der Waals surface area contributed by atoms with Gasteiger partial charge >= 0.3 is 0 Å². The Morgan fingerprint density at radius 1 is 0.750 bits per heavy atom. The Morgan fingerprint density at radius 2 is 1.40 bits per heavy atom. The van der Waals surface area contributed by atoms with E-state index in [0.717, 1.165) is 11.5 Å². The summed E-state index contributed by atoms with van der Waals surface area (Å²) in [6, 6.07) is 12.7. The van der Waals surface area contributed by atoms with Crippen molar-refractivity contribution in [3.63, 3.8) is 0 Å². The summed E-state index contributed by atoms with van der Waals surface area (Å²) < 4.78 is 16.1. The third kappa shape index (κ3) is 1.55. The van der Waals surface area contributed by atoms with Gasteiger partial charge in [-0.2, -0.15) is 0 Å². The van der Waals surface area contributed by atoms with Gasteiger partial charge in [-0.25, -0.2) is 0 Å². The average molecular weight is 300 g/mol. The molecule has 0 saturated carbocycles. The maximum Gasteiger partial charge on any atom is 0.162 e. The van der Waals surface area contributed by atoms with Crippen molar-refractivity contribution >= 4 is 52.2 Å². The molecule has 0 N–H and O–H groups in total. The topological polar surface area (TPSA) is 18.5 Å². The van der Waals surface area contributed by atoms with Crippen molar-refractivity contribution < 1.29 is 9.47 Å². The van der Waals surface area contributed by atoms with E-state index in [-0.39, 0.29) is 0 Å². The molecule has 0 amide bonds. The van der Waals surface area contributed by atoms with Crippen LogP contribution in [0.25, 0.3) is 29.6 Å². The van der Waals surface area contributed by atoms with Crippen LogP contribution in [0.2, 0.25) is 0 Å². The summed E-state index contributed by atoms with van der Waals surface area (Å²) in [7, 11) is 3.35. The second-order valence-corrected chi connectivity index (χ2v) is 6.67. The maximum absolute atomic E-state index is 5.42. The minimum Gasteiger partial charge on any atom is -0.493 e. The molecule has 4 heteroatoms. The van der Waals surface area contributed by atoms with E-state index in [4.69, 9.17) is 9.47 Å². The lowest BCUT2D eigenvalue weighted by Gasteiger charge is -2.06. The molecule has 0 bridgehead atoms. The number of benzene rings is 2. The molecule has 20 heavy (non-hydrogen) atoms. The molecule has 0 aliphatic carbocycles. The molecule has 2 nitrogen and oxygen atoms in total. The van der Waals surface area contributed by atoms with Gasteiger partial charge < -0.3 is 9.47 Å². The SMILES string of the molecule is COc1cc2sc3c4ccccc4sc3c2cc1OC. The highest BCUT2D eigenvalue weighted by Crippen LogP contribution is 2.46. The molecule has 2 heterocycles. The normalized spacial score (nSPS) is 11.5. The van der Waals surface area contributed by atoms with Crippen LogP contribution in [0.15, 0.2) is 36.4 Å². The lowest BCUT2D eigenvalue weighted by Crippen LogP contribution is -1.89. The zero-order valence-corrected chi connectivity index (χ0v) is 12.7. The fourth-order valence-electron chi connectivity index (χ4n) is 2.53. The molecule has 2 aromatic carbocycles. The van der Waals surface area contributed by atoms with E-state index < -0.39 is 0 Å². The molecule has 0 radical (unpaired) electrons. The van der Waals surface area contributed by atoms with Gasteiger partial charge in [0.25, 0.3) is 0 Å². The van der Waals surface area contributed by atoms with Gasteiger partial charge in [0.2, 0.25) is 0 Å². The van der Waals surface area contributed by atoms with E-state index in [0.29, 0.717) is 0 Å². The second kappa shape index (κ2) is 4.36. The fraction of sp³-hybridized carbons (Fsp3) is 0.125. The summed E-state index contributed by atoms with van der Waals surface area (Å²) in [4.78, 5) is 0. The number of fused-ring (bicyclic) bond motifs is 5. The van der Waals surface area contributed by atoms with Gasteiger partial charge in [0.15, 0.2) is 11.5 Å². The predicted octanol–water partition coefficient (Wildman–Crippen LogP) is 5.29. The zero-order valence-electron chi connectivity index (χ0n) is 11.1. The van der Waals surface area contributed by atoms with E-state index in [1.165, 1.54) is 29.6 Å². The van der Waals surface area contributed by atoms with Gasteiger partial charge in [0, 0.05) is 26.2 Å². The molecule has 2 aromatic heterocycles. The van der Waals surface area contributed by atoms with Gasteiger partial charge in [-0.3, -0.25) is 0 Å². The van der Waals surface area contributed by atoms with Crippen LogP contribution in [0.5, 0.6) is 11.5 Å². The van der Waals surface area contributed by atoms with Crippen LogP contribution < -0.4 is 9.47 Å². The van der Waals surface area contributed by atoms with Crippen LogP contribution in [0.3, 0.4) is 0 Å². The number of hydrogen-bond donors (Lipinski definition) is 0. The summed E-state index contributed by atoms with van der Waals surface area (Å²) in [5, 5.41) is 2.59. The largest absolute Gasteiger partial charge is 0.493 e. The second-order valence-electron chi connectivity index (χ2n) is 4.56. The summed E-state index contributed by atoms with van der Waals surface area (Å²) in [5.74, 6) is 1.58. The Morgan fingerprint density at radius 3 is 2.20 bits per heavy atom. The third-order valence-corrected chi connectivity index (χ3v) is 6.01. The summed E-state index contributed by atoms with van der Waals surface area (Å²) in [5.41, 5.74) is 0. The van der Waals surface area contributed by atoms with Crippen molar-refractivity contribution in [3.05, 3.63) is 36.4 Å². The van der Waals surface area contributed by atoms with Crippen molar-refractivity contribution in [2.24, 2.45) is 0 Å². The van der Waals surface area contributed by atoms with Gasteiger partial charge in [-0.05, 0) is 12.1 Å². The number of hydrogen-bond acceptors (Lipinski definition) is 4. The molecule has 4 rings (SSSR count). The first kappa shape index (κ1) is 12.0. The molecular weight excluding hydrogens is 288 g/mol. The Bertz CT molecular complexity index is 934. The zero-order chi connectivity index (χ0) is 13.7. The minimum atomic E-state index is 0.789. The number of ether oxygens (including phenoxy) is 2. The molecule has 0 aliphatic heterocycles. The van der Waals surface area contributed by atoms with E-state index >= 15 is 0 Å². The lowest BCUT2D eigenvalue weighted by atomic mass is 10.2. The molecule has 100 valence electrons. The van der Waals surface area contributed by atoms with E-state index in [1.54, 1.807) is 14.2 Å². The average Bonchev–Trinajstić information content (AvgIpc) is 3.01. The molecule has 0 atom stereocenters. The first-order valence-corrected chi connectivity index (χ1v) is 7.91. The summed E-state index contributed by atoms with van der Waals surface area (Å²) >= 11 is 3.67. The number of rotatable bonds is 2. The Kier molecular flexibility index (Phi) is 2.62. The highest BCUT2D eigenvalue weighted by Gasteiger charge is 2.14. The Labute approximate surface area is 124 Å². The van der Waals surface area contributed by atoms with Crippen molar-refractivity contribution in [1.29, 1.82) is 0 Å². The quantitative estimate of drug-likeness (QED) is 0.501. The predicted molar refractivity (Wildman–Crippen MR) is 87.8 cm³/mol. The highest BCUT2D eigenvalue weighted by atomic mass is 32.1. The maximum atomic E-state index is 5.42. The molecule has 0 fully saturated rings. The van der Waals surface area contributed by atoms with Crippen LogP contribution in [-0.2, 0) is 0 Å². The first-order valence-electron chi connectivity index (χ1n) is 6.27. The number of methoxy groups -OCH3 is 2. The smallest absolute Gasteiger partial charge is 0.162 e. The molecule has 0 spiro atoms. The van der Waals surface area contributed by atoms with Gasteiger partial charge in [0.1, 0.15) is 0 Å². The van der Waals surface area contributed by atoms with Crippen LogP contribution in [0, 0.1) is 0 Å². The van der Waals surface area contributed by atoms with E-state index in [1.807, 2.05) is 22.7 Å². The highest BCUT2D eigenvalue weighted by molar-refractivity contribution is 7.36. The van der Waals surface area contributed by atoms with Crippen LogP contribution in [-0.4, -0.2) is 14.2 Å². The van der Waals surface area contributed by atoms with Gasteiger partial charge in [-0.1, -0.05) is 18.2 Å². The summed E-state index contributed by atoms with van der Waals surface area (Å²) in [6.07, 6.45) is 0. The first-order chi connectivity index (χ1) is 9.81. The van der Waals surface area contributed by atoms with Crippen molar-refractivity contribution in [2.45, 2.75) is 0 Å². The summed E-state index contributed by atoms with van der Waals surface area (Å²) in [6.45, 7) is 0. The minimum absolute atomic E-state index is 0.789. The van der Waals surface area contributed by atoms with Crippen LogP contribution >= 0.6 is 22.7 Å². The monoisotopic (exact) mass is 300 g/mol. The van der Waals surface area contributed by atoms with E-state index in [2.05, 4.69) is 36.4 Å².